The molecule has 0 aliphatic heterocycles. The summed E-state index contributed by atoms with van der Waals surface area (Å²) in [6, 6.07) is 3.73. The van der Waals surface area contributed by atoms with E-state index in [9.17, 15) is 20.0 Å². The van der Waals surface area contributed by atoms with E-state index in [-0.39, 0.29) is 17.8 Å². The summed E-state index contributed by atoms with van der Waals surface area (Å²) >= 11 is 0. The van der Waals surface area contributed by atoms with Crippen LogP contribution >= 0.6 is 0 Å². The van der Waals surface area contributed by atoms with Crippen molar-refractivity contribution in [3.63, 3.8) is 0 Å². The van der Waals surface area contributed by atoms with E-state index in [2.05, 4.69) is 5.92 Å². The molecule has 0 bridgehead atoms. The van der Waals surface area contributed by atoms with Crippen molar-refractivity contribution in [2.45, 2.75) is 12.8 Å². The summed E-state index contributed by atoms with van der Waals surface area (Å²) in [5.74, 6) is 1.85. The van der Waals surface area contributed by atoms with Gasteiger partial charge in [-0.25, -0.2) is 4.79 Å². The maximum Gasteiger partial charge on any atom is 0.337 e. The van der Waals surface area contributed by atoms with Gasteiger partial charge < -0.3 is 10.0 Å². The Hall–Kier alpha value is -2.55. The van der Waals surface area contributed by atoms with Gasteiger partial charge in [-0.2, -0.15) is 0 Å². The molecule has 1 aromatic rings. The maximum atomic E-state index is 11.3. The molecule has 0 unspecified atom stereocenters. The molecule has 2 rings (SSSR count). The van der Waals surface area contributed by atoms with Crippen molar-refractivity contribution in [2.75, 3.05) is 18.0 Å². The fourth-order valence-electron chi connectivity index (χ4n) is 2.05. The molecular formula is C14H14N2O4. The van der Waals surface area contributed by atoms with E-state index < -0.39 is 10.9 Å². The molecule has 1 aliphatic rings. The lowest BCUT2D eigenvalue weighted by molar-refractivity contribution is -0.384. The Morgan fingerprint density at radius 3 is 2.75 bits per heavy atom. The number of nitro benzene ring substituents is 1. The lowest BCUT2D eigenvalue weighted by Crippen LogP contribution is -2.28. The molecule has 1 N–H and O–H groups in total. The Bertz CT molecular complexity index is 587. The molecule has 0 heterocycles. The number of non-ortho nitro benzene ring substituents is 1. The van der Waals surface area contributed by atoms with Crippen LogP contribution in [-0.4, -0.2) is 29.1 Å². The van der Waals surface area contributed by atoms with Gasteiger partial charge in [-0.1, -0.05) is 5.92 Å². The van der Waals surface area contributed by atoms with E-state index in [0.717, 1.165) is 12.8 Å². The number of aromatic carboxylic acids is 1. The van der Waals surface area contributed by atoms with Crippen molar-refractivity contribution in [1.29, 1.82) is 0 Å². The van der Waals surface area contributed by atoms with Crippen LogP contribution in [0.25, 0.3) is 0 Å². The van der Waals surface area contributed by atoms with Gasteiger partial charge in [0, 0.05) is 18.7 Å². The first kappa shape index (κ1) is 13.9. The van der Waals surface area contributed by atoms with Crippen molar-refractivity contribution >= 4 is 17.3 Å². The number of hydrogen-bond acceptors (Lipinski definition) is 4. The smallest absolute Gasteiger partial charge is 0.337 e. The van der Waals surface area contributed by atoms with E-state index in [1.54, 1.807) is 4.90 Å². The molecule has 0 saturated heterocycles. The molecule has 20 heavy (non-hydrogen) atoms. The Balaban J connectivity index is 2.42. The Morgan fingerprint density at radius 2 is 2.25 bits per heavy atom. The summed E-state index contributed by atoms with van der Waals surface area (Å²) in [4.78, 5) is 23.3. The van der Waals surface area contributed by atoms with E-state index in [4.69, 9.17) is 6.42 Å². The first-order valence-corrected chi connectivity index (χ1v) is 6.23. The molecule has 1 aliphatic carbocycles. The number of nitro groups is 1. The minimum atomic E-state index is -1.12. The third kappa shape index (κ3) is 3.06. The molecule has 1 fully saturated rings. The molecule has 0 spiro atoms. The standard InChI is InChI=1S/C14H14N2O4/c1-2-7-15(9-10-3-4-10)13-8-11(16(19)20)5-6-12(13)14(17)18/h1,5-6,8,10H,3-4,7,9H2,(H,17,18). The predicted molar refractivity (Wildman–Crippen MR) is 73.8 cm³/mol. The number of benzene rings is 1. The highest BCUT2D eigenvalue weighted by atomic mass is 16.6. The highest BCUT2D eigenvalue weighted by Crippen LogP contribution is 2.33. The maximum absolute atomic E-state index is 11.3. The number of hydrogen-bond donors (Lipinski definition) is 1. The quantitative estimate of drug-likeness (QED) is 0.488. The molecule has 1 aromatic carbocycles. The Labute approximate surface area is 116 Å². The third-order valence-electron chi connectivity index (χ3n) is 3.22. The summed E-state index contributed by atoms with van der Waals surface area (Å²) < 4.78 is 0. The first-order chi connectivity index (χ1) is 9.52. The monoisotopic (exact) mass is 274 g/mol. The summed E-state index contributed by atoms with van der Waals surface area (Å²) in [6.45, 7) is 0.865. The van der Waals surface area contributed by atoms with Crippen LogP contribution in [0.2, 0.25) is 0 Å². The van der Waals surface area contributed by atoms with Gasteiger partial charge in [0.25, 0.3) is 5.69 Å². The van der Waals surface area contributed by atoms with Gasteiger partial charge in [0.2, 0.25) is 0 Å². The fraction of sp³-hybridized carbons (Fsp3) is 0.357. The van der Waals surface area contributed by atoms with Gasteiger partial charge in [-0.05, 0) is 24.8 Å². The van der Waals surface area contributed by atoms with E-state index >= 15 is 0 Å². The van der Waals surface area contributed by atoms with Crippen molar-refractivity contribution in [2.24, 2.45) is 5.92 Å². The molecule has 0 atom stereocenters. The SMILES string of the molecule is C#CCN(CC1CC1)c1cc([N+](=O)[O-])ccc1C(=O)O. The van der Waals surface area contributed by atoms with Crippen molar-refractivity contribution in [3.05, 3.63) is 33.9 Å². The molecule has 104 valence electrons. The number of carboxylic acids is 1. The van der Waals surface area contributed by atoms with E-state index in [0.29, 0.717) is 18.2 Å². The van der Waals surface area contributed by atoms with Gasteiger partial charge in [0.05, 0.1) is 22.7 Å². The summed E-state index contributed by atoms with van der Waals surface area (Å²) in [5.41, 5.74) is 0.214. The lowest BCUT2D eigenvalue weighted by atomic mass is 10.1. The lowest BCUT2D eigenvalue weighted by Gasteiger charge is -2.23. The van der Waals surface area contributed by atoms with Crippen LogP contribution in [0.15, 0.2) is 18.2 Å². The summed E-state index contributed by atoms with van der Waals surface area (Å²) in [7, 11) is 0. The van der Waals surface area contributed by atoms with Crippen LogP contribution in [0.3, 0.4) is 0 Å². The number of nitrogens with zero attached hydrogens (tertiary/aromatic N) is 2. The zero-order valence-corrected chi connectivity index (χ0v) is 10.8. The topological polar surface area (TPSA) is 83.7 Å². The molecular weight excluding hydrogens is 260 g/mol. The average molecular weight is 274 g/mol. The number of anilines is 1. The van der Waals surface area contributed by atoms with Crippen molar-refractivity contribution in [3.8, 4) is 12.3 Å². The van der Waals surface area contributed by atoms with Crippen LogP contribution in [0.5, 0.6) is 0 Å². The average Bonchev–Trinajstić information content (AvgIpc) is 3.21. The van der Waals surface area contributed by atoms with E-state index in [1.807, 2.05) is 0 Å². The van der Waals surface area contributed by atoms with Gasteiger partial charge in [-0.15, -0.1) is 6.42 Å². The summed E-state index contributed by atoms with van der Waals surface area (Å²) in [5, 5.41) is 20.1. The molecule has 0 aromatic heterocycles. The minimum absolute atomic E-state index is 0.0338. The van der Waals surface area contributed by atoms with Crippen LogP contribution in [0, 0.1) is 28.4 Å². The number of carbonyl (C=O) groups is 1. The van der Waals surface area contributed by atoms with Gasteiger partial charge in [0.15, 0.2) is 0 Å². The largest absolute Gasteiger partial charge is 0.478 e. The van der Waals surface area contributed by atoms with Crippen LogP contribution in [-0.2, 0) is 0 Å². The zero-order valence-electron chi connectivity index (χ0n) is 10.8. The fourth-order valence-corrected chi connectivity index (χ4v) is 2.05. The molecule has 1 saturated carbocycles. The zero-order chi connectivity index (χ0) is 14.7. The van der Waals surface area contributed by atoms with Gasteiger partial charge >= 0.3 is 5.97 Å². The number of carboxylic acid groups (broad SMARTS) is 1. The second-order valence-electron chi connectivity index (χ2n) is 4.79. The molecule has 0 radical (unpaired) electrons. The molecule has 0 amide bonds. The second-order valence-corrected chi connectivity index (χ2v) is 4.79. The van der Waals surface area contributed by atoms with Crippen LogP contribution in [0.1, 0.15) is 23.2 Å². The Kier molecular flexibility index (Phi) is 3.89. The third-order valence-corrected chi connectivity index (χ3v) is 3.22. The predicted octanol–water partition coefficient (Wildman–Crippen LogP) is 2.14. The van der Waals surface area contributed by atoms with Crippen molar-refractivity contribution in [1.82, 2.24) is 0 Å². The van der Waals surface area contributed by atoms with Gasteiger partial charge in [-0.3, -0.25) is 10.1 Å². The number of terminal acetylenes is 1. The molecule has 6 nitrogen and oxygen atoms in total. The highest BCUT2D eigenvalue weighted by Gasteiger charge is 2.27. The molecule has 6 heteroatoms. The Morgan fingerprint density at radius 1 is 1.55 bits per heavy atom. The minimum Gasteiger partial charge on any atom is -0.478 e. The summed E-state index contributed by atoms with van der Waals surface area (Å²) in [6.07, 6.45) is 7.48. The van der Waals surface area contributed by atoms with Gasteiger partial charge in [0.1, 0.15) is 0 Å². The first-order valence-electron chi connectivity index (χ1n) is 6.23. The van der Waals surface area contributed by atoms with E-state index in [1.165, 1.54) is 18.2 Å². The van der Waals surface area contributed by atoms with Crippen molar-refractivity contribution < 1.29 is 14.8 Å². The van der Waals surface area contributed by atoms with Crippen LogP contribution in [0.4, 0.5) is 11.4 Å². The van der Waals surface area contributed by atoms with Crippen LogP contribution < -0.4 is 4.90 Å². The normalized spacial score (nSPS) is 13.6. The second kappa shape index (κ2) is 5.61. The number of rotatable bonds is 6. The highest BCUT2D eigenvalue weighted by molar-refractivity contribution is 5.95.